The highest BCUT2D eigenvalue weighted by atomic mass is 16.3. The SMILES string of the molecule is c1ccc(-c2ccc3cc(-c4nc(-c5ccccc5-c5ccccc5)nc(-c5c(-c6ccccc6)ccc6oc7ccccc7c56)n4)ccc3c2)cc1. The molecule has 8 aromatic carbocycles. The zero-order valence-electron chi connectivity index (χ0n) is 28.6. The minimum atomic E-state index is 0.586. The number of fused-ring (bicyclic) bond motifs is 4. The van der Waals surface area contributed by atoms with Gasteiger partial charge in [0.2, 0.25) is 0 Å². The van der Waals surface area contributed by atoms with E-state index in [9.17, 15) is 0 Å². The van der Waals surface area contributed by atoms with E-state index in [1.165, 1.54) is 11.1 Å². The highest BCUT2D eigenvalue weighted by molar-refractivity contribution is 6.15. The van der Waals surface area contributed by atoms with Crippen molar-refractivity contribution in [1.82, 2.24) is 15.0 Å². The second kappa shape index (κ2) is 12.9. The van der Waals surface area contributed by atoms with E-state index < -0.39 is 0 Å². The van der Waals surface area contributed by atoms with Crippen LogP contribution in [0.2, 0.25) is 0 Å². The Morgan fingerprint density at radius 1 is 0.321 bits per heavy atom. The average molecular weight is 678 g/mol. The summed E-state index contributed by atoms with van der Waals surface area (Å²) < 4.78 is 6.43. The molecule has 10 aromatic rings. The average Bonchev–Trinajstić information content (AvgIpc) is 3.62. The predicted octanol–water partition coefficient (Wildman–Crippen LogP) is 12.9. The number of hydrogen-bond donors (Lipinski definition) is 0. The molecule has 0 saturated carbocycles. The lowest BCUT2D eigenvalue weighted by atomic mass is 9.94. The number of benzene rings is 8. The fraction of sp³-hybridized carbons (Fsp3) is 0. The molecule has 0 aliphatic rings. The minimum Gasteiger partial charge on any atom is -0.456 e. The summed E-state index contributed by atoms with van der Waals surface area (Å²) in [6.07, 6.45) is 0. The van der Waals surface area contributed by atoms with Crippen molar-refractivity contribution in [3.8, 4) is 67.5 Å². The lowest BCUT2D eigenvalue weighted by Crippen LogP contribution is -2.02. The summed E-state index contributed by atoms with van der Waals surface area (Å²) in [5, 5.41) is 4.26. The smallest absolute Gasteiger partial charge is 0.165 e. The maximum absolute atomic E-state index is 6.43. The molecule has 0 bridgehead atoms. The molecule has 0 amide bonds. The Labute approximate surface area is 306 Å². The molecule has 0 saturated heterocycles. The van der Waals surface area contributed by atoms with Crippen molar-refractivity contribution in [2.45, 2.75) is 0 Å². The van der Waals surface area contributed by atoms with Crippen molar-refractivity contribution < 1.29 is 4.42 Å². The number of furan rings is 1. The Bertz CT molecular complexity index is 2940. The van der Waals surface area contributed by atoms with Gasteiger partial charge in [0.1, 0.15) is 11.2 Å². The van der Waals surface area contributed by atoms with Crippen LogP contribution in [0.15, 0.2) is 192 Å². The van der Waals surface area contributed by atoms with Gasteiger partial charge >= 0.3 is 0 Å². The van der Waals surface area contributed by atoms with Gasteiger partial charge in [0.25, 0.3) is 0 Å². The van der Waals surface area contributed by atoms with E-state index in [0.717, 1.165) is 71.7 Å². The predicted molar refractivity (Wildman–Crippen MR) is 217 cm³/mol. The Kier molecular flexibility index (Phi) is 7.43. The maximum Gasteiger partial charge on any atom is 0.165 e. The first kappa shape index (κ1) is 30.6. The summed E-state index contributed by atoms with van der Waals surface area (Å²) in [6, 6.07) is 65.1. The second-order valence-electron chi connectivity index (χ2n) is 13.2. The molecule has 0 fully saturated rings. The molecule has 248 valence electrons. The number of aromatic nitrogens is 3. The molecule has 0 aliphatic carbocycles. The van der Waals surface area contributed by atoms with Crippen molar-refractivity contribution in [3.63, 3.8) is 0 Å². The molecule has 4 nitrogen and oxygen atoms in total. The van der Waals surface area contributed by atoms with Crippen molar-refractivity contribution in [3.05, 3.63) is 188 Å². The van der Waals surface area contributed by atoms with E-state index in [-0.39, 0.29) is 0 Å². The number of nitrogens with zero attached hydrogens (tertiary/aromatic N) is 3. The number of hydrogen-bond acceptors (Lipinski definition) is 4. The van der Waals surface area contributed by atoms with Gasteiger partial charge in [-0.2, -0.15) is 0 Å². The van der Waals surface area contributed by atoms with E-state index in [0.29, 0.717) is 17.5 Å². The van der Waals surface area contributed by atoms with Crippen molar-refractivity contribution in [2.75, 3.05) is 0 Å². The Hall–Kier alpha value is -7.17. The van der Waals surface area contributed by atoms with Gasteiger partial charge in [0, 0.05) is 27.5 Å². The van der Waals surface area contributed by atoms with Gasteiger partial charge in [0.15, 0.2) is 17.5 Å². The monoisotopic (exact) mass is 677 g/mol. The third kappa shape index (κ3) is 5.54. The zero-order valence-corrected chi connectivity index (χ0v) is 28.6. The third-order valence-electron chi connectivity index (χ3n) is 9.95. The van der Waals surface area contributed by atoms with E-state index in [2.05, 4.69) is 152 Å². The molecule has 0 radical (unpaired) electrons. The van der Waals surface area contributed by atoms with Gasteiger partial charge in [-0.1, -0.05) is 158 Å². The van der Waals surface area contributed by atoms with Crippen LogP contribution in [0, 0.1) is 0 Å². The third-order valence-corrected chi connectivity index (χ3v) is 9.95. The highest BCUT2D eigenvalue weighted by Crippen LogP contribution is 2.43. The summed E-state index contributed by atoms with van der Waals surface area (Å²) in [5.41, 5.74) is 11.0. The Morgan fingerprint density at radius 3 is 1.60 bits per heavy atom. The Balaban J connectivity index is 1.24. The molecule has 0 N–H and O–H groups in total. The first-order chi connectivity index (χ1) is 26.3. The molecule has 10 rings (SSSR count). The first-order valence-corrected chi connectivity index (χ1v) is 17.8. The maximum atomic E-state index is 6.43. The molecule has 0 aliphatic heterocycles. The second-order valence-corrected chi connectivity index (χ2v) is 13.2. The van der Waals surface area contributed by atoms with E-state index in [1.807, 2.05) is 36.4 Å². The van der Waals surface area contributed by atoms with Crippen LogP contribution < -0.4 is 0 Å². The topological polar surface area (TPSA) is 51.8 Å². The molecule has 0 unspecified atom stereocenters. The van der Waals surface area contributed by atoms with Gasteiger partial charge in [-0.15, -0.1) is 0 Å². The molecular weight excluding hydrogens is 647 g/mol. The lowest BCUT2D eigenvalue weighted by molar-refractivity contribution is 0.669. The summed E-state index contributed by atoms with van der Waals surface area (Å²) in [6.45, 7) is 0. The van der Waals surface area contributed by atoms with Gasteiger partial charge in [-0.05, 0) is 74.5 Å². The molecule has 53 heavy (non-hydrogen) atoms. The Morgan fingerprint density at radius 2 is 0.868 bits per heavy atom. The zero-order chi connectivity index (χ0) is 35.1. The highest BCUT2D eigenvalue weighted by Gasteiger charge is 2.23. The van der Waals surface area contributed by atoms with Crippen LogP contribution in [0.25, 0.3) is 100 Å². The van der Waals surface area contributed by atoms with Crippen LogP contribution in [0.5, 0.6) is 0 Å². The van der Waals surface area contributed by atoms with E-state index in [1.54, 1.807) is 0 Å². The summed E-state index contributed by atoms with van der Waals surface area (Å²) in [5.74, 6) is 1.79. The van der Waals surface area contributed by atoms with E-state index >= 15 is 0 Å². The molecule has 0 atom stereocenters. The first-order valence-electron chi connectivity index (χ1n) is 17.8. The van der Waals surface area contributed by atoms with Crippen LogP contribution in [0.1, 0.15) is 0 Å². The summed E-state index contributed by atoms with van der Waals surface area (Å²) >= 11 is 0. The van der Waals surface area contributed by atoms with Crippen molar-refractivity contribution in [1.29, 1.82) is 0 Å². The fourth-order valence-electron chi connectivity index (χ4n) is 7.39. The van der Waals surface area contributed by atoms with E-state index in [4.69, 9.17) is 19.4 Å². The van der Waals surface area contributed by atoms with Gasteiger partial charge < -0.3 is 4.42 Å². The summed E-state index contributed by atoms with van der Waals surface area (Å²) in [4.78, 5) is 15.9. The summed E-state index contributed by atoms with van der Waals surface area (Å²) in [7, 11) is 0. The number of para-hydroxylation sites is 1. The van der Waals surface area contributed by atoms with Crippen LogP contribution >= 0.6 is 0 Å². The van der Waals surface area contributed by atoms with Gasteiger partial charge in [-0.3, -0.25) is 0 Å². The van der Waals surface area contributed by atoms with Gasteiger partial charge in [-0.25, -0.2) is 15.0 Å². The van der Waals surface area contributed by atoms with Crippen molar-refractivity contribution in [2.24, 2.45) is 0 Å². The van der Waals surface area contributed by atoms with Crippen LogP contribution in [0.4, 0.5) is 0 Å². The van der Waals surface area contributed by atoms with Crippen LogP contribution in [-0.2, 0) is 0 Å². The molecular formula is C49H31N3O. The quantitative estimate of drug-likeness (QED) is 0.176. The molecule has 2 aromatic heterocycles. The fourth-order valence-corrected chi connectivity index (χ4v) is 7.39. The van der Waals surface area contributed by atoms with Gasteiger partial charge in [0.05, 0.1) is 0 Å². The van der Waals surface area contributed by atoms with Crippen molar-refractivity contribution >= 4 is 32.7 Å². The standard InChI is InChI=1S/C49H31N3O/c1-4-14-32(15-5-1)35-24-25-37-31-38(27-26-36(37)30-35)47-50-48(41-21-11-10-20-39(41)33-16-6-2-7-17-33)52-49(51-47)46-40(34-18-8-3-9-19-34)28-29-44-45(46)42-22-12-13-23-43(42)53-44/h1-31H. The van der Waals surface area contributed by atoms with Crippen LogP contribution in [-0.4, -0.2) is 15.0 Å². The molecule has 0 spiro atoms. The number of rotatable bonds is 6. The lowest BCUT2D eigenvalue weighted by Gasteiger charge is -2.15. The molecule has 2 heterocycles. The minimum absolute atomic E-state index is 0.586. The van der Waals surface area contributed by atoms with Crippen LogP contribution in [0.3, 0.4) is 0 Å². The molecule has 4 heteroatoms. The normalized spacial score (nSPS) is 11.4. The largest absolute Gasteiger partial charge is 0.456 e.